The summed E-state index contributed by atoms with van der Waals surface area (Å²) in [5, 5.41) is 2.72. The van der Waals surface area contributed by atoms with Gasteiger partial charge in [0.1, 0.15) is 0 Å². The number of rotatable bonds is 5. The van der Waals surface area contributed by atoms with Crippen LogP contribution in [0.5, 0.6) is 0 Å². The Morgan fingerprint density at radius 1 is 1.33 bits per heavy atom. The van der Waals surface area contributed by atoms with Gasteiger partial charge in [0, 0.05) is 10.5 Å². The molecule has 98 valence electrons. The number of esters is 1. The lowest BCUT2D eigenvalue weighted by Gasteiger charge is -2.11. The second kappa shape index (κ2) is 7.16. The van der Waals surface area contributed by atoms with Crippen LogP contribution in [0.4, 0.5) is 0 Å². The molecule has 0 bridgehead atoms. The van der Waals surface area contributed by atoms with Gasteiger partial charge < -0.3 is 10.1 Å². The number of nitrogens with one attached hydrogen (secondary N) is 1. The molecule has 1 amide bonds. The molecule has 1 unspecified atom stereocenters. The summed E-state index contributed by atoms with van der Waals surface area (Å²) in [6.07, 6.45) is 0.840. The maximum atomic E-state index is 11.6. The lowest BCUT2D eigenvalue weighted by atomic mass is 10.2. The van der Waals surface area contributed by atoms with Crippen LogP contribution in [0.15, 0.2) is 28.7 Å². The largest absolute Gasteiger partial charge is 0.452 e. The van der Waals surface area contributed by atoms with Crippen molar-refractivity contribution in [2.45, 2.75) is 26.3 Å². The van der Waals surface area contributed by atoms with E-state index in [9.17, 15) is 9.59 Å². The van der Waals surface area contributed by atoms with Crippen LogP contribution in [-0.2, 0) is 9.53 Å². The molecule has 0 saturated carbocycles. The minimum Gasteiger partial charge on any atom is -0.452 e. The van der Waals surface area contributed by atoms with E-state index in [1.807, 2.05) is 13.8 Å². The highest BCUT2D eigenvalue weighted by molar-refractivity contribution is 9.10. The summed E-state index contributed by atoms with van der Waals surface area (Å²) < 4.78 is 5.79. The van der Waals surface area contributed by atoms with Gasteiger partial charge >= 0.3 is 5.97 Å². The molecule has 0 aromatic heterocycles. The summed E-state index contributed by atoms with van der Waals surface area (Å²) >= 11 is 3.28. The number of hydrogen-bond acceptors (Lipinski definition) is 3. The van der Waals surface area contributed by atoms with Crippen molar-refractivity contribution < 1.29 is 14.3 Å². The number of carbonyl (C=O) groups excluding carboxylic acids is 2. The van der Waals surface area contributed by atoms with Crippen molar-refractivity contribution in [1.29, 1.82) is 0 Å². The van der Waals surface area contributed by atoms with Crippen LogP contribution in [0.2, 0.25) is 0 Å². The summed E-state index contributed by atoms with van der Waals surface area (Å²) in [5.41, 5.74) is 0.425. The predicted molar refractivity (Wildman–Crippen MR) is 72.3 cm³/mol. The molecular formula is C13H16BrNO3. The quantitative estimate of drug-likeness (QED) is 0.850. The maximum absolute atomic E-state index is 11.6. The minimum absolute atomic E-state index is 0.0869. The number of benzene rings is 1. The molecule has 0 aliphatic heterocycles. The second-order valence-corrected chi connectivity index (χ2v) is 4.88. The molecule has 0 spiro atoms. The average Bonchev–Trinajstić information content (AvgIpc) is 2.36. The fourth-order valence-corrected chi connectivity index (χ4v) is 1.48. The first-order valence-corrected chi connectivity index (χ1v) is 6.54. The van der Waals surface area contributed by atoms with Crippen LogP contribution in [0.25, 0.3) is 0 Å². The van der Waals surface area contributed by atoms with Crippen molar-refractivity contribution >= 4 is 27.8 Å². The zero-order valence-electron chi connectivity index (χ0n) is 10.4. The van der Waals surface area contributed by atoms with Gasteiger partial charge in [-0.05, 0) is 37.6 Å². The second-order valence-electron chi connectivity index (χ2n) is 3.96. The molecular weight excluding hydrogens is 298 g/mol. The third-order valence-corrected chi connectivity index (χ3v) is 2.96. The summed E-state index contributed by atoms with van der Waals surface area (Å²) in [4.78, 5) is 23.0. The van der Waals surface area contributed by atoms with E-state index >= 15 is 0 Å². The van der Waals surface area contributed by atoms with E-state index in [2.05, 4.69) is 21.2 Å². The Morgan fingerprint density at radius 2 is 1.94 bits per heavy atom. The molecule has 0 aliphatic rings. The monoisotopic (exact) mass is 313 g/mol. The van der Waals surface area contributed by atoms with Gasteiger partial charge in [0.2, 0.25) is 0 Å². The first-order valence-electron chi connectivity index (χ1n) is 5.75. The highest BCUT2D eigenvalue weighted by atomic mass is 79.9. The molecule has 0 aliphatic carbocycles. The SMILES string of the molecule is CCC(C)NC(=O)COC(=O)c1ccc(Br)cc1. The maximum Gasteiger partial charge on any atom is 0.338 e. The van der Waals surface area contributed by atoms with Crippen LogP contribution in [0.1, 0.15) is 30.6 Å². The first-order chi connectivity index (χ1) is 8.52. The van der Waals surface area contributed by atoms with Gasteiger partial charge in [-0.15, -0.1) is 0 Å². The van der Waals surface area contributed by atoms with Gasteiger partial charge in [-0.2, -0.15) is 0 Å². The Hall–Kier alpha value is -1.36. The molecule has 1 rings (SSSR count). The Labute approximate surface area is 115 Å². The van der Waals surface area contributed by atoms with Crippen molar-refractivity contribution in [3.63, 3.8) is 0 Å². The minimum atomic E-state index is -0.498. The van der Waals surface area contributed by atoms with Crippen LogP contribution >= 0.6 is 15.9 Å². The molecule has 18 heavy (non-hydrogen) atoms. The molecule has 1 atom stereocenters. The number of hydrogen-bond donors (Lipinski definition) is 1. The van der Waals surface area contributed by atoms with Crippen LogP contribution < -0.4 is 5.32 Å². The molecule has 0 radical (unpaired) electrons. The summed E-state index contributed by atoms with van der Waals surface area (Å²) in [5.74, 6) is -0.781. The Balaban J connectivity index is 2.41. The topological polar surface area (TPSA) is 55.4 Å². The van der Waals surface area contributed by atoms with Crippen molar-refractivity contribution in [3.8, 4) is 0 Å². The molecule has 0 fully saturated rings. The van der Waals surface area contributed by atoms with E-state index in [0.717, 1.165) is 10.9 Å². The zero-order valence-corrected chi connectivity index (χ0v) is 12.0. The molecule has 1 aromatic carbocycles. The van der Waals surface area contributed by atoms with Gasteiger partial charge in [-0.3, -0.25) is 4.79 Å². The number of ether oxygens (including phenoxy) is 1. The first kappa shape index (κ1) is 14.7. The van der Waals surface area contributed by atoms with Crippen molar-refractivity contribution in [1.82, 2.24) is 5.32 Å². The van der Waals surface area contributed by atoms with E-state index < -0.39 is 5.97 Å². The highest BCUT2D eigenvalue weighted by Crippen LogP contribution is 2.11. The normalized spacial score (nSPS) is 11.7. The molecule has 0 heterocycles. The lowest BCUT2D eigenvalue weighted by molar-refractivity contribution is -0.124. The molecule has 0 saturated heterocycles. The summed E-state index contributed by atoms with van der Waals surface area (Å²) in [6.45, 7) is 3.62. The van der Waals surface area contributed by atoms with Crippen LogP contribution in [-0.4, -0.2) is 24.5 Å². The van der Waals surface area contributed by atoms with E-state index in [-0.39, 0.29) is 18.6 Å². The molecule has 1 aromatic rings. The third-order valence-electron chi connectivity index (χ3n) is 2.43. The number of amides is 1. The Morgan fingerprint density at radius 3 is 2.50 bits per heavy atom. The third kappa shape index (κ3) is 4.87. The Bertz CT molecular complexity index is 417. The van der Waals surface area contributed by atoms with Crippen molar-refractivity contribution in [2.24, 2.45) is 0 Å². The number of halogens is 1. The molecule has 5 heteroatoms. The Kier molecular flexibility index (Phi) is 5.85. The van der Waals surface area contributed by atoms with Gasteiger partial charge in [0.15, 0.2) is 6.61 Å². The van der Waals surface area contributed by atoms with Crippen LogP contribution in [0, 0.1) is 0 Å². The van der Waals surface area contributed by atoms with Gasteiger partial charge in [-0.25, -0.2) is 4.79 Å². The van der Waals surface area contributed by atoms with Crippen molar-refractivity contribution in [2.75, 3.05) is 6.61 Å². The lowest BCUT2D eigenvalue weighted by Crippen LogP contribution is -2.35. The summed E-state index contributed by atoms with van der Waals surface area (Å²) in [7, 11) is 0. The van der Waals surface area contributed by atoms with Crippen LogP contribution in [0.3, 0.4) is 0 Å². The van der Waals surface area contributed by atoms with Gasteiger partial charge in [0.05, 0.1) is 5.56 Å². The van der Waals surface area contributed by atoms with E-state index in [1.165, 1.54) is 0 Å². The number of carbonyl (C=O) groups is 2. The molecule has 1 N–H and O–H groups in total. The fraction of sp³-hybridized carbons (Fsp3) is 0.385. The van der Waals surface area contributed by atoms with E-state index in [4.69, 9.17) is 4.74 Å². The smallest absolute Gasteiger partial charge is 0.338 e. The van der Waals surface area contributed by atoms with E-state index in [0.29, 0.717) is 5.56 Å². The average molecular weight is 314 g/mol. The summed E-state index contributed by atoms with van der Waals surface area (Å²) in [6, 6.07) is 6.85. The fourth-order valence-electron chi connectivity index (χ4n) is 1.22. The molecule has 4 nitrogen and oxygen atoms in total. The highest BCUT2D eigenvalue weighted by Gasteiger charge is 2.11. The van der Waals surface area contributed by atoms with Gasteiger partial charge in [-0.1, -0.05) is 22.9 Å². The van der Waals surface area contributed by atoms with Crippen molar-refractivity contribution in [3.05, 3.63) is 34.3 Å². The standard InChI is InChI=1S/C13H16BrNO3/c1-3-9(2)15-12(16)8-18-13(17)10-4-6-11(14)7-5-10/h4-7,9H,3,8H2,1-2H3,(H,15,16). The van der Waals surface area contributed by atoms with E-state index in [1.54, 1.807) is 24.3 Å². The zero-order chi connectivity index (χ0) is 13.5. The van der Waals surface area contributed by atoms with Gasteiger partial charge in [0.25, 0.3) is 5.91 Å². The predicted octanol–water partition coefficient (Wildman–Crippen LogP) is 2.52.